The zero-order valence-corrected chi connectivity index (χ0v) is 11.9. The Labute approximate surface area is 113 Å². The van der Waals surface area contributed by atoms with Gasteiger partial charge in [0.2, 0.25) is 0 Å². The molecular weight excluding hydrogens is 248 g/mol. The number of nitrogens with one attached hydrogen (secondary N) is 2. The number of carbonyl (C=O) groups excluding carboxylic acids is 1. The largest absolute Gasteiger partial charge is 0.481 e. The lowest BCUT2D eigenvalue weighted by Gasteiger charge is -2.37. The van der Waals surface area contributed by atoms with Gasteiger partial charge in [-0.15, -0.1) is 0 Å². The van der Waals surface area contributed by atoms with E-state index >= 15 is 0 Å². The Bertz CT molecular complexity index is 325. The number of carbonyl (C=O) groups is 2. The second-order valence-corrected chi connectivity index (χ2v) is 5.99. The molecule has 0 bridgehead atoms. The Kier molecular flexibility index (Phi) is 5.60. The van der Waals surface area contributed by atoms with E-state index in [9.17, 15) is 9.59 Å². The maximum absolute atomic E-state index is 11.6. The molecule has 2 amide bonds. The molecule has 19 heavy (non-hydrogen) atoms. The fourth-order valence-electron chi connectivity index (χ4n) is 2.05. The van der Waals surface area contributed by atoms with Gasteiger partial charge in [0.05, 0.1) is 12.5 Å². The van der Waals surface area contributed by atoms with E-state index in [0.29, 0.717) is 6.61 Å². The molecular formula is C13H24N2O4. The standard InChI is InChI=1S/C13H24N2O4/c1-13(2,3)10-8-9(5-7-19-10)15-12(18)14-6-4-11(16)17/h9-10H,4-8H2,1-3H3,(H,16,17)(H2,14,15,18). The lowest BCUT2D eigenvalue weighted by molar-refractivity contribution is -0.136. The highest BCUT2D eigenvalue weighted by molar-refractivity contribution is 5.75. The highest BCUT2D eigenvalue weighted by Gasteiger charge is 2.32. The number of amides is 2. The van der Waals surface area contributed by atoms with Crippen LogP contribution in [0.15, 0.2) is 0 Å². The van der Waals surface area contributed by atoms with Gasteiger partial charge in [-0.05, 0) is 18.3 Å². The number of carboxylic acid groups (broad SMARTS) is 1. The smallest absolute Gasteiger partial charge is 0.315 e. The van der Waals surface area contributed by atoms with Crippen LogP contribution in [0.2, 0.25) is 0 Å². The van der Waals surface area contributed by atoms with Crippen molar-refractivity contribution in [2.75, 3.05) is 13.2 Å². The number of aliphatic carboxylic acids is 1. The monoisotopic (exact) mass is 272 g/mol. The molecule has 1 aliphatic rings. The van der Waals surface area contributed by atoms with Gasteiger partial charge in [-0.2, -0.15) is 0 Å². The average molecular weight is 272 g/mol. The molecule has 0 saturated carbocycles. The number of urea groups is 1. The molecule has 3 N–H and O–H groups in total. The molecule has 1 fully saturated rings. The van der Waals surface area contributed by atoms with Crippen LogP contribution in [0.25, 0.3) is 0 Å². The van der Waals surface area contributed by atoms with E-state index in [2.05, 4.69) is 31.4 Å². The molecule has 0 aromatic rings. The van der Waals surface area contributed by atoms with E-state index in [0.717, 1.165) is 12.8 Å². The van der Waals surface area contributed by atoms with Crippen LogP contribution in [-0.4, -0.2) is 42.4 Å². The summed E-state index contributed by atoms with van der Waals surface area (Å²) >= 11 is 0. The van der Waals surface area contributed by atoms with Crippen molar-refractivity contribution in [3.63, 3.8) is 0 Å². The summed E-state index contributed by atoms with van der Waals surface area (Å²) < 4.78 is 5.72. The Morgan fingerprint density at radius 3 is 2.63 bits per heavy atom. The fraction of sp³-hybridized carbons (Fsp3) is 0.846. The van der Waals surface area contributed by atoms with Gasteiger partial charge in [-0.3, -0.25) is 4.79 Å². The van der Waals surface area contributed by atoms with Gasteiger partial charge >= 0.3 is 12.0 Å². The number of carboxylic acids is 1. The van der Waals surface area contributed by atoms with Crippen molar-refractivity contribution in [2.45, 2.75) is 52.2 Å². The molecule has 0 spiro atoms. The number of hydrogen-bond acceptors (Lipinski definition) is 3. The first-order valence-corrected chi connectivity index (χ1v) is 6.67. The topological polar surface area (TPSA) is 87.7 Å². The third-order valence-corrected chi connectivity index (χ3v) is 3.21. The molecule has 1 heterocycles. The summed E-state index contributed by atoms with van der Waals surface area (Å²) in [5.41, 5.74) is 0.0557. The minimum atomic E-state index is -0.917. The van der Waals surface area contributed by atoms with Crippen molar-refractivity contribution in [2.24, 2.45) is 5.41 Å². The van der Waals surface area contributed by atoms with Crippen LogP contribution >= 0.6 is 0 Å². The van der Waals surface area contributed by atoms with Crippen LogP contribution in [0, 0.1) is 5.41 Å². The molecule has 0 aromatic heterocycles. The van der Waals surface area contributed by atoms with E-state index in [1.54, 1.807) is 0 Å². The predicted octanol–water partition coefficient (Wildman–Crippen LogP) is 1.35. The second-order valence-electron chi connectivity index (χ2n) is 5.99. The highest BCUT2D eigenvalue weighted by Crippen LogP contribution is 2.29. The van der Waals surface area contributed by atoms with Crippen LogP contribution in [0.5, 0.6) is 0 Å². The van der Waals surface area contributed by atoms with E-state index in [1.807, 2.05) is 0 Å². The summed E-state index contributed by atoms with van der Waals surface area (Å²) in [6.07, 6.45) is 1.64. The zero-order chi connectivity index (χ0) is 14.5. The van der Waals surface area contributed by atoms with Crippen LogP contribution < -0.4 is 10.6 Å². The Morgan fingerprint density at radius 2 is 2.05 bits per heavy atom. The SMILES string of the molecule is CC(C)(C)C1CC(NC(=O)NCCC(=O)O)CCO1. The third-order valence-electron chi connectivity index (χ3n) is 3.21. The minimum Gasteiger partial charge on any atom is -0.481 e. The van der Waals surface area contributed by atoms with Gasteiger partial charge in [0, 0.05) is 19.2 Å². The third kappa shape index (κ3) is 5.92. The summed E-state index contributed by atoms with van der Waals surface area (Å²) in [5.74, 6) is -0.917. The zero-order valence-electron chi connectivity index (χ0n) is 11.9. The quantitative estimate of drug-likeness (QED) is 0.721. The van der Waals surface area contributed by atoms with Crippen molar-refractivity contribution < 1.29 is 19.4 Å². The molecule has 1 aliphatic heterocycles. The molecule has 2 unspecified atom stereocenters. The second kappa shape index (κ2) is 6.75. The molecule has 1 saturated heterocycles. The van der Waals surface area contributed by atoms with Gasteiger partial charge in [-0.25, -0.2) is 4.79 Å². The minimum absolute atomic E-state index is 0.0557. The van der Waals surface area contributed by atoms with Crippen molar-refractivity contribution in [1.82, 2.24) is 10.6 Å². The van der Waals surface area contributed by atoms with Gasteiger partial charge in [-0.1, -0.05) is 20.8 Å². The molecule has 6 nitrogen and oxygen atoms in total. The van der Waals surface area contributed by atoms with Crippen molar-refractivity contribution >= 4 is 12.0 Å². The van der Waals surface area contributed by atoms with Gasteiger partial charge in [0.15, 0.2) is 0 Å². The summed E-state index contributed by atoms with van der Waals surface area (Å²) in [6.45, 7) is 7.14. The summed E-state index contributed by atoms with van der Waals surface area (Å²) in [4.78, 5) is 21.9. The lowest BCUT2D eigenvalue weighted by atomic mass is 9.83. The maximum Gasteiger partial charge on any atom is 0.315 e. The van der Waals surface area contributed by atoms with Crippen LogP contribution in [0.3, 0.4) is 0 Å². The van der Waals surface area contributed by atoms with E-state index in [1.165, 1.54) is 0 Å². The summed E-state index contributed by atoms with van der Waals surface area (Å²) in [7, 11) is 0. The van der Waals surface area contributed by atoms with Gasteiger partial charge in [0.25, 0.3) is 0 Å². The normalized spacial score (nSPS) is 23.7. The Morgan fingerprint density at radius 1 is 1.37 bits per heavy atom. The molecule has 2 atom stereocenters. The van der Waals surface area contributed by atoms with E-state index in [-0.39, 0.29) is 36.6 Å². The number of ether oxygens (including phenoxy) is 1. The summed E-state index contributed by atoms with van der Waals surface area (Å²) in [6, 6.07) is -0.219. The van der Waals surface area contributed by atoms with Crippen LogP contribution in [0.1, 0.15) is 40.0 Å². The van der Waals surface area contributed by atoms with Gasteiger partial charge in [0.1, 0.15) is 0 Å². The summed E-state index contributed by atoms with van der Waals surface area (Å²) in [5, 5.41) is 13.9. The first-order valence-electron chi connectivity index (χ1n) is 6.67. The maximum atomic E-state index is 11.6. The van der Waals surface area contributed by atoms with Crippen molar-refractivity contribution in [3.8, 4) is 0 Å². The van der Waals surface area contributed by atoms with Crippen molar-refractivity contribution in [3.05, 3.63) is 0 Å². The van der Waals surface area contributed by atoms with E-state index in [4.69, 9.17) is 9.84 Å². The molecule has 0 aliphatic carbocycles. The molecule has 0 radical (unpaired) electrons. The number of hydrogen-bond donors (Lipinski definition) is 3. The van der Waals surface area contributed by atoms with Gasteiger partial charge < -0.3 is 20.5 Å². The Balaban J connectivity index is 2.32. The fourth-order valence-corrected chi connectivity index (χ4v) is 2.05. The Hall–Kier alpha value is -1.30. The first kappa shape index (κ1) is 15.8. The van der Waals surface area contributed by atoms with Crippen molar-refractivity contribution in [1.29, 1.82) is 0 Å². The molecule has 1 rings (SSSR count). The molecule has 0 aromatic carbocycles. The molecule has 110 valence electrons. The van der Waals surface area contributed by atoms with Crippen LogP contribution in [-0.2, 0) is 9.53 Å². The average Bonchev–Trinajstić information content (AvgIpc) is 2.27. The first-order chi connectivity index (χ1) is 8.79. The molecule has 6 heteroatoms. The van der Waals surface area contributed by atoms with Crippen LogP contribution in [0.4, 0.5) is 4.79 Å². The lowest BCUT2D eigenvalue weighted by Crippen LogP contribution is -2.48. The predicted molar refractivity (Wildman–Crippen MR) is 71.0 cm³/mol. The number of rotatable bonds is 4. The van der Waals surface area contributed by atoms with E-state index < -0.39 is 5.97 Å². The highest BCUT2D eigenvalue weighted by atomic mass is 16.5.